The zero-order valence-corrected chi connectivity index (χ0v) is 18.3. The second-order valence-electron chi connectivity index (χ2n) is 7.70. The molecule has 5 heteroatoms. The fourth-order valence-corrected chi connectivity index (χ4v) is 5.81. The molecule has 1 atom stereocenters. The summed E-state index contributed by atoms with van der Waals surface area (Å²) in [6.45, 7) is 5.60. The number of carbonyl (C=O) groups excluding carboxylic acids is 1. The molecule has 2 heterocycles. The number of hydrogen-bond donors (Lipinski definition) is 1. The summed E-state index contributed by atoms with van der Waals surface area (Å²) in [5.41, 5.74) is 4.95. The summed E-state index contributed by atoms with van der Waals surface area (Å²) in [6.07, 6.45) is 2.66. The maximum Gasteiger partial charge on any atom is 0.318 e. The van der Waals surface area contributed by atoms with Gasteiger partial charge in [-0.05, 0) is 60.6 Å². The fraction of sp³-hybridized carbons (Fsp3) is 0.320. The van der Waals surface area contributed by atoms with Crippen molar-refractivity contribution in [2.45, 2.75) is 39.2 Å². The molecule has 0 fully saturated rings. The van der Waals surface area contributed by atoms with Gasteiger partial charge in [0.15, 0.2) is 0 Å². The standard InChI is InChI=1S/C25H27FN2OS/c1-3-21-17(2)30-24-22(21)14-16-28(23(24)19-9-11-20(26)12-10-19)25(29)27-15-13-18-7-5-4-6-8-18/h4-12,23H,3,13-16H2,1-2H3,(H,27,29)/t23-/m1/s1. The molecule has 2 aromatic carbocycles. The Labute approximate surface area is 181 Å². The van der Waals surface area contributed by atoms with Crippen molar-refractivity contribution in [2.75, 3.05) is 13.1 Å². The average molecular weight is 423 g/mol. The van der Waals surface area contributed by atoms with Crippen molar-refractivity contribution in [3.05, 3.63) is 92.4 Å². The molecule has 1 N–H and O–H groups in total. The summed E-state index contributed by atoms with van der Waals surface area (Å²) in [7, 11) is 0. The van der Waals surface area contributed by atoms with Gasteiger partial charge >= 0.3 is 6.03 Å². The van der Waals surface area contributed by atoms with Crippen LogP contribution >= 0.6 is 11.3 Å². The third-order valence-electron chi connectivity index (χ3n) is 5.85. The van der Waals surface area contributed by atoms with Crippen LogP contribution < -0.4 is 5.32 Å². The minimum absolute atomic E-state index is 0.0602. The van der Waals surface area contributed by atoms with E-state index in [1.165, 1.54) is 38.6 Å². The molecule has 30 heavy (non-hydrogen) atoms. The predicted octanol–water partition coefficient (Wildman–Crippen LogP) is 5.66. The summed E-state index contributed by atoms with van der Waals surface area (Å²) < 4.78 is 13.6. The maximum absolute atomic E-state index is 13.6. The highest BCUT2D eigenvalue weighted by Crippen LogP contribution is 2.42. The number of thiophene rings is 1. The number of fused-ring (bicyclic) bond motifs is 1. The highest BCUT2D eigenvalue weighted by Gasteiger charge is 2.35. The zero-order chi connectivity index (χ0) is 21.1. The van der Waals surface area contributed by atoms with Crippen LogP contribution in [0.3, 0.4) is 0 Å². The van der Waals surface area contributed by atoms with Gasteiger partial charge in [0.25, 0.3) is 0 Å². The van der Waals surface area contributed by atoms with E-state index in [0.29, 0.717) is 13.1 Å². The molecule has 0 radical (unpaired) electrons. The summed E-state index contributed by atoms with van der Waals surface area (Å²) in [4.78, 5) is 17.6. The fourth-order valence-electron chi connectivity index (χ4n) is 4.36. The summed E-state index contributed by atoms with van der Waals surface area (Å²) >= 11 is 1.77. The van der Waals surface area contributed by atoms with Gasteiger partial charge in [-0.1, -0.05) is 49.4 Å². The van der Waals surface area contributed by atoms with Gasteiger partial charge in [0.1, 0.15) is 5.82 Å². The Balaban J connectivity index is 1.59. The molecule has 0 saturated heterocycles. The Bertz CT molecular complexity index is 1010. The van der Waals surface area contributed by atoms with E-state index < -0.39 is 0 Å². The molecule has 0 unspecified atom stereocenters. The summed E-state index contributed by atoms with van der Waals surface area (Å²) in [6, 6.07) is 16.5. The molecule has 1 aliphatic rings. The Hall–Kier alpha value is -2.66. The third-order valence-corrected chi connectivity index (χ3v) is 7.09. The smallest absolute Gasteiger partial charge is 0.318 e. The van der Waals surface area contributed by atoms with E-state index in [4.69, 9.17) is 0 Å². The Morgan fingerprint density at radius 1 is 1.17 bits per heavy atom. The second-order valence-corrected chi connectivity index (χ2v) is 8.95. The van der Waals surface area contributed by atoms with Crippen LogP contribution in [0.2, 0.25) is 0 Å². The molecule has 156 valence electrons. The van der Waals surface area contributed by atoms with Crippen LogP contribution in [0.5, 0.6) is 0 Å². The van der Waals surface area contributed by atoms with Crippen LogP contribution in [0.15, 0.2) is 54.6 Å². The number of benzene rings is 2. The topological polar surface area (TPSA) is 32.3 Å². The Kier molecular flexibility index (Phi) is 6.18. The molecular weight excluding hydrogens is 395 g/mol. The van der Waals surface area contributed by atoms with Crippen LogP contribution in [-0.4, -0.2) is 24.0 Å². The second kappa shape index (κ2) is 9.00. The van der Waals surface area contributed by atoms with Gasteiger partial charge in [0.05, 0.1) is 6.04 Å². The number of carbonyl (C=O) groups is 1. The molecular formula is C25H27FN2OS. The number of rotatable bonds is 5. The monoisotopic (exact) mass is 422 g/mol. The SMILES string of the molecule is CCc1c(C)sc2c1CCN(C(=O)NCCc1ccccc1)[C@@H]2c1ccc(F)cc1. The maximum atomic E-state index is 13.6. The lowest BCUT2D eigenvalue weighted by atomic mass is 9.92. The van der Waals surface area contributed by atoms with E-state index in [-0.39, 0.29) is 17.9 Å². The summed E-state index contributed by atoms with van der Waals surface area (Å²) in [5, 5.41) is 3.10. The van der Waals surface area contributed by atoms with E-state index in [2.05, 4.69) is 31.3 Å². The third kappa shape index (κ3) is 4.12. The van der Waals surface area contributed by atoms with Crippen molar-refractivity contribution in [1.29, 1.82) is 0 Å². The molecule has 0 spiro atoms. The van der Waals surface area contributed by atoms with Gasteiger partial charge in [0, 0.05) is 22.8 Å². The van der Waals surface area contributed by atoms with Crippen molar-refractivity contribution < 1.29 is 9.18 Å². The first kappa shape index (κ1) is 20.6. The van der Waals surface area contributed by atoms with Crippen LogP contribution in [-0.2, 0) is 19.3 Å². The number of urea groups is 1. The minimum Gasteiger partial charge on any atom is -0.338 e. The Morgan fingerprint density at radius 2 is 1.90 bits per heavy atom. The van der Waals surface area contributed by atoms with Crippen molar-refractivity contribution in [3.8, 4) is 0 Å². The highest BCUT2D eigenvalue weighted by atomic mass is 32.1. The Morgan fingerprint density at radius 3 is 2.60 bits per heavy atom. The first-order valence-corrected chi connectivity index (χ1v) is 11.3. The van der Waals surface area contributed by atoms with E-state index in [0.717, 1.165) is 24.8 Å². The lowest BCUT2D eigenvalue weighted by molar-refractivity contribution is 0.181. The predicted molar refractivity (Wildman–Crippen MR) is 121 cm³/mol. The number of aryl methyl sites for hydroxylation is 1. The molecule has 1 aliphatic heterocycles. The number of halogens is 1. The van der Waals surface area contributed by atoms with Crippen LogP contribution in [0.25, 0.3) is 0 Å². The normalized spacial score (nSPS) is 15.7. The molecule has 3 aromatic rings. The van der Waals surface area contributed by atoms with Crippen LogP contribution in [0.1, 0.15) is 45.0 Å². The lowest BCUT2D eigenvalue weighted by Gasteiger charge is -2.36. The largest absolute Gasteiger partial charge is 0.338 e. The molecule has 1 aromatic heterocycles. The van der Waals surface area contributed by atoms with Gasteiger partial charge in [0.2, 0.25) is 0 Å². The van der Waals surface area contributed by atoms with Crippen LogP contribution in [0.4, 0.5) is 9.18 Å². The summed E-state index contributed by atoms with van der Waals surface area (Å²) in [5.74, 6) is -0.259. The highest BCUT2D eigenvalue weighted by molar-refractivity contribution is 7.12. The number of nitrogens with one attached hydrogen (secondary N) is 1. The van der Waals surface area contributed by atoms with Crippen molar-refractivity contribution >= 4 is 17.4 Å². The first-order valence-electron chi connectivity index (χ1n) is 10.5. The van der Waals surface area contributed by atoms with E-state index in [9.17, 15) is 9.18 Å². The van der Waals surface area contributed by atoms with Gasteiger partial charge in [-0.25, -0.2) is 9.18 Å². The molecule has 2 amide bonds. The first-order chi connectivity index (χ1) is 14.6. The van der Waals surface area contributed by atoms with E-state index in [1.54, 1.807) is 23.5 Å². The van der Waals surface area contributed by atoms with Crippen molar-refractivity contribution in [2.24, 2.45) is 0 Å². The lowest BCUT2D eigenvalue weighted by Crippen LogP contribution is -2.46. The molecule has 0 aliphatic carbocycles. The van der Waals surface area contributed by atoms with Gasteiger partial charge in [-0.15, -0.1) is 11.3 Å². The zero-order valence-electron chi connectivity index (χ0n) is 17.5. The average Bonchev–Trinajstić information content (AvgIpc) is 3.09. The molecule has 4 rings (SSSR count). The van der Waals surface area contributed by atoms with Crippen molar-refractivity contribution in [1.82, 2.24) is 10.2 Å². The number of amides is 2. The molecule has 0 bridgehead atoms. The van der Waals surface area contributed by atoms with E-state index in [1.807, 2.05) is 23.1 Å². The van der Waals surface area contributed by atoms with Gasteiger partial charge in [-0.2, -0.15) is 0 Å². The van der Waals surface area contributed by atoms with E-state index >= 15 is 0 Å². The number of nitrogens with zero attached hydrogens (tertiary/aromatic N) is 1. The molecule has 0 saturated carbocycles. The molecule has 3 nitrogen and oxygen atoms in total. The van der Waals surface area contributed by atoms with Gasteiger partial charge < -0.3 is 10.2 Å². The van der Waals surface area contributed by atoms with Crippen LogP contribution in [0, 0.1) is 12.7 Å². The van der Waals surface area contributed by atoms with Crippen molar-refractivity contribution in [3.63, 3.8) is 0 Å². The minimum atomic E-state index is -0.259. The number of hydrogen-bond acceptors (Lipinski definition) is 2. The van der Waals surface area contributed by atoms with Gasteiger partial charge in [-0.3, -0.25) is 0 Å². The quantitative estimate of drug-likeness (QED) is 0.565.